The minimum Gasteiger partial charge on any atom is -0.311 e. The second-order valence-electron chi connectivity index (χ2n) is 4.64. The maximum atomic E-state index is 11.2. The number of para-hydroxylation sites is 2. The van der Waals surface area contributed by atoms with Crippen LogP contribution in [0.25, 0.3) is 16.8 Å². The van der Waals surface area contributed by atoms with Gasteiger partial charge < -0.3 is 4.57 Å². The Morgan fingerprint density at radius 3 is 2.60 bits per heavy atom. The molecule has 8 heteroatoms. The quantitative estimate of drug-likeness (QED) is 0.681. The van der Waals surface area contributed by atoms with Gasteiger partial charge in [-0.05, 0) is 12.1 Å². The number of hydrogen-bond donors (Lipinski definition) is 0. The van der Waals surface area contributed by atoms with Gasteiger partial charge in [0.2, 0.25) is 5.78 Å². The first-order valence-corrected chi connectivity index (χ1v) is 9.11. The van der Waals surface area contributed by atoms with Crippen LogP contribution in [0, 0.1) is 0 Å². The van der Waals surface area contributed by atoms with Crippen LogP contribution >= 0.6 is 11.8 Å². The van der Waals surface area contributed by atoms with Crippen molar-refractivity contribution in [2.24, 2.45) is 7.05 Å². The maximum Gasteiger partial charge on any atom is 0.236 e. The third kappa shape index (κ3) is 2.29. The summed E-state index contributed by atoms with van der Waals surface area (Å²) in [6.07, 6.45) is 1.24. The second kappa shape index (κ2) is 4.78. The molecule has 0 N–H and O–H groups in total. The Labute approximate surface area is 120 Å². The van der Waals surface area contributed by atoms with Crippen molar-refractivity contribution in [3.63, 3.8) is 0 Å². The van der Waals surface area contributed by atoms with Crippen molar-refractivity contribution in [3.05, 3.63) is 24.3 Å². The fourth-order valence-electron chi connectivity index (χ4n) is 2.11. The lowest BCUT2D eigenvalue weighted by Crippen LogP contribution is -2.05. The number of imidazole rings is 1. The number of rotatable bonds is 4. The normalized spacial score (nSPS) is 12.5. The molecule has 0 fully saturated rings. The van der Waals surface area contributed by atoms with Crippen LogP contribution in [-0.4, -0.2) is 45.3 Å². The van der Waals surface area contributed by atoms with Crippen LogP contribution in [0.2, 0.25) is 0 Å². The number of thioether (sulfide) groups is 1. The zero-order chi connectivity index (χ0) is 14.3. The molecule has 3 rings (SSSR count). The molecular weight excluding hydrogens is 296 g/mol. The number of aromatic nitrogens is 4. The third-order valence-electron chi connectivity index (χ3n) is 3.09. The van der Waals surface area contributed by atoms with Gasteiger partial charge in [0.15, 0.2) is 5.16 Å². The lowest BCUT2D eigenvalue weighted by atomic mass is 10.3. The summed E-state index contributed by atoms with van der Waals surface area (Å²) < 4.78 is 26.3. The number of nitrogens with zero attached hydrogens (tertiary/aromatic N) is 4. The van der Waals surface area contributed by atoms with E-state index in [0.29, 0.717) is 5.75 Å². The Morgan fingerprint density at radius 1 is 1.20 bits per heavy atom. The fraction of sp³-hybridized carbons (Fsp3) is 0.333. The predicted octanol–water partition coefficient (Wildman–Crippen LogP) is 1.36. The van der Waals surface area contributed by atoms with E-state index in [4.69, 9.17) is 0 Å². The van der Waals surface area contributed by atoms with Gasteiger partial charge in [-0.15, -0.1) is 10.2 Å². The smallest absolute Gasteiger partial charge is 0.236 e. The standard InChI is InChI=1S/C12H14N4O2S2/c1-15-9-5-3-4-6-10(9)16-11(15)13-14-12(16)19-7-8-20(2,17)18/h3-6H,7-8H2,1-2H3. The SMILES string of the molecule is Cn1c2ccccc2n2c(SCCS(C)(=O)=O)nnc12. The van der Waals surface area contributed by atoms with Crippen LogP contribution in [0.4, 0.5) is 0 Å². The minimum absolute atomic E-state index is 0.136. The molecule has 0 spiro atoms. The average molecular weight is 310 g/mol. The number of aryl methyl sites for hydroxylation is 1. The van der Waals surface area contributed by atoms with Crippen molar-refractivity contribution in [1.82, 2.24) is 19.2 Å². The molecule has 0 aliphatic rings. The molecule has 0 unspecified atom stereocenters. The highest BCUT2D eigenvalue weighted by molar-refractivity contribution is 8.00. The predicted molar refractivity (Wildman–Crippen MR) is 79.9 cm³/mol. The molecule has 0 radical (unpaired) electrons. The summed E-state index contributed by atoms with van der Waals surface area (Å²) in [5.41, 5.74) is 2.10. The van der Waals surface area contributed by atoms with Gasteiger partial charge in [-0.1, -0.05) is 23.9 Å². The van der Waals surface area contributed by atoms with Crippen molar-refractivity contribution >= 4 is 38.4 Å². The zero-order valence-electron chi connectivity index (χ0n) is 11.1. The molecule has 0 amide bonds. The monoisotopic (exact) mass is 310 g/mol. The van der Waals surface area contributed by atoms with Crippen LogP contribution in [0.3, 0.4) is 0 Å². The Hall–Kier alpha value is -1.54. The Bertz CT molecular complexity index is 880. The van der Waals surface area contributed by atoms with E-state index in [-0.39, 0.29) is 5.75 Å². The maximum absolute atomic E-state index is 11.2. The highest BCUT2D eigenvalue weighted by atomic mass is 32.2. The molecule has 0 atom stereocenters. The van der Waals surface area contributed by atoms with E-state index >= 15 is 0 Å². The lowest BCUT2D eigenvalue weighted by Gasteiger charge is -1.98. The third-order valence-corrected chi connectivity index (χ3v) is 5.22. The van der Waals surface area contributed by atoms with Crippen molar-refractivity contribution in [1.29, 1.82) is 0 Å². The Kier molecular flexibility index (Phi) is 3.21. The summed E-state index contributed by atoms with van der Waals surface area (Å²) in [4.78, 5) is 0. The minimum atomic E-state index is -2.95. The van der Waals surface area contributed by atoms with Gasteiger partial charge in [-0.2, -0.15) is 0 Å². The Morgan fingerprint density at radius 2 is 1.90 bits per heavy atom. The summed E-state index contributed by atoms with van der Waals surface area (Å²) in [6, 6.07) is 7.97. The molecule has 20 heavy (non-hydrogen) atoms. The molecule has 0 aliphatic carbocycles. The van der Waals surface area contributed by atoms with Gasteiger partial charge in [-0.25, -0.2) is 8.42 Å². The summed E-state index contributed by atoms with van der Waals surface area (Å²) >= 11 is 1.41. The summed E-state index contributed by atoms with van der Waals surface area (Å²) in [7, 11) is -1.01. The van der Waals surface area contributed by atoms with Crippen molar-refractivity contribution in [2.75, 3.05) is 17.8 Å². The molecule has 0 saturated carbocycles. The first-order valence-electron chi connectivity index (χ1n) is 6.06. The Balaban J connectivity index is 2.02. The van der Waals surface area contributed by atoms with E-state index in [1.54, 1.807) is 0 Å². The van der Waals surface area contributed by atoms with Crippen LogP contribution in [0.5, 0.6) is 0 Å². The fourth-order valence-corrected chi connectivity index (χ4v) is 4.25. The average Bonchev–Trinajstić information content (AvgIpc) is 2.91. The van der Waals surface area contributed by atoms with Gasteiger partial charge >= 0.3 is 0 Å². The van der Waals surface area contributed by atoms with Crippen LogP contribution in [-0.2, 0) is 16.9 Å². The molecule has 2 heterocycles. The van der Waals surface area contributed by atoms with Crippen LogP contribution in [0.15, 0.2) is 29.4 Å². The highest BCUT2D eigenvalue weighted by Crippen LogP contribution is 2.24. The highest BCUT2D eigenvalue weighted by Gasteiger charge is 2.15. The summed E-state index contributed by atoms with van der Waals surface area (Å²) in [5.74, 6) is 1.37. The first kappa shape index (κ1) is 13.4. The lowest BCUT2D eigenvalue weighted by molar-refractivity contribution is 0.603. The summed E-state index contributed by atoms with van der Waals surface area (Å²) in [6.45, 7) is 0. The van der Waals surface area contributed by atoms with Gasteiger partial charge in [0.1, 0.15) is 9.84 Å². The molecule has 2 aromatic heterocycles. The molecular formula is C12H14N4O2S2. The summed E-state index contributed by atoms with van der Waals surface area (Å²) in [5, 5.41) is 9.04. The number of sulfone groups is 1. The number of hydrogen-bond acceptors (Lipinski definition) is 5. The largest absolute Gasteiger partial charge is 0.311 e. The topological polar surface area (TPSA) is 69.3 Å². The van der Waals surface area contributed by atoms with Crippen molar-refractivity contribution < 1.29 is 8.42 Å². The van der Waals surface area contributed by atoms with E-state index in [1.807, 2.05) is 40.3 Å². The number of benzene rings is 1. The van der Waals surface area contributed by atoms with Crippen LogP contribution in [0.1, 0.15) is 0 Å². The van der Waals surface area contributed by atoms with Gasteiger partial charge in [0.25, 0.3) is 0 Å². The molecule has 0 aliphatic heterocycles. The molecule has 3 aromatic rings. The van der Waals surface area contributed by atoms with E-state index in [9.17, 15) is 8.42 Å². The van der Waals surface area contributed by atoms with Crippen LogP contribution < -0.4 is 0 Å². The van der Waals surface area contributed by atoms with Crippen molar-refractivity contribution in [3.8, 4) is 0 Å². The van der Waals surface area contributed by atoms with Gasteiger partial charge in [0, 0.05) is 19.1 Å². The molecule has 6 nitrogen and oxygen atoms in total. The van der Waals surface area contributed by atoms with E-state index < -0.39 is 9.84 Å². The first-order chi connectivity index (χ1) is 9.47. The molecule has 0 saturated heterocycles. The van der Waals surface area contributed by atoms with E-state index in [0.717, 1.165) is 22.0 Å². The van der Waals surface area contributed by atoms with E-state index in [1.165, 1.54) is 18.0 Å². The molecule has 106 valence electrons. The molecule has 0 bridgehead atoms. The van der Waals surface area contributed by atoms with Crippen molar-refractivity contribution in [2.45, 2.75) is 5.16 Å². The number of fused-ring (bicyclic) bond motifs is 3. The molecule has 1 aromatic carbocycles. The van der Waals surface area contributed by atoms with Gasteiger partial charge in [-0.3, -0.25) is 4.40 Å². The second-order valence-corrected chi connectivity index (χ2v) is 7.97. The zero-order valence-corrected chi connectivity index (χ0v) is 12.8. The van der Waals surface area contributed by atoms with E-state index in [2.05, 4.69) is 10.2 Å². The van der Waals surface area contributed by atoms with Gasteiger partial charge in [0.05, 0.1) is 16.8 Å².